The molecule has 0 heterocycles. The van der Waals surface area contributed by atoms with E-state index in [-0.39, 0.29) is 5.84 Å². The lowest BCUT2D eigenvalue weighted by Gasteiger charge is -2.14. The number of hydrogen-bond acceptors (Lipinski definition) is 3. The summed E-state index contributed by atoms with van der Waals surface area (Å²) in [5.74, 6) is 2.07. The van der Waals surface area contributed by atoms with Crippen molar-refractivity contribution in [3.05, 3.63) is 51.5 Å². The van der Waals surface area contributed by atoms with Gasteiger partial charge in [0, 0.05) is 9.92 Å². The van der Waals surface area contributed by atoms with Crippen LogP contribution in [-0.4, -0.2) is 11.6 Å². The van der Waals surface area contributed by atoms with Crippen molar-refractivity contribution >= 4 is 45.1 Å². The van der Waals surface area contributed by atoms with Crippen molar-refractivity contribution < 1.29 is 4.74 Å². The maximum atomic E-state index is 7.80. The Hall–Kier alpha value is -1.17. The van der Waals surface area contributed by atoms with Crippen LogP contribution in [0.25, 0.3) is 0 Å². The molecule has 0 aliphatic rings. The number of nitrogen functional groups attached to an aromatic ring is 1. The van der Waals surface area contributed by atoms with Crippen molar-refractivity contribution in [1.29, 1.82) is 5.41 Å². The Labute approximate surface area is 141 Å². The fraction of sp³-hybridized carbons (Fsp3) is 0.133. The van der Waals surface area contributed by atoms with Crippen LogP contribution in [0.15, 0.2) is 45.8 Å². The summed E-state index contributed by atoms with van der Waals surface area (Å²) in [5, 5.41) is 8.42. The molecule has 0 aromatic heterocycles. The maximum absolute atomic E-state index is 7.80. The van der Waals surface area contributed by atoms with Crippen LogP contribution < -0.4 is 10.5 Å². The largest absolute Gasteiger partial charge is 0.455 e. The molecule has 2 aromatic rings. The van der Waals surface area contributed by atoms with Crippen LogP contribution in [-0.2, 0) is 0 Å². The SMILES string of the molecule is CCSc1cccc(Oc2ccc(Cl)cc2Br)c1C(=N)N. The monoisotopic (exact) mass is 384 g/mol. The Morgan fingerprint density at radius 1 is 1.33 bits per heavy atom. The average molecular weight is 386 g/mol. The highest BCUT2D eigenvalue weighted by molar-refractivity contribution is 9.10. The van der Waals surface area contributed by atoms with E-state index in [2.05, 4.69) is 22.9 Å². The van der Waals surface area contributed by atoms with Crippen molar-refractivity contribution in [2.24, 2.45) is 5.73 Å². The third-order valence-corrected chi connectivity index (χ3v) is 4.47. The zero-order valence-electron chi connectivity index (χ0n) is 11.3. The summed E-state index contributed by atoms with van der Waals surface area (Å²) in [5.41, 5.74) is 6.34. The second-order valence-corrected chi connectivity index (χ2v) is 6.75. The highest BCUT2D eigenvalue weighted by Crippen LogP contribution is 2.36. The molecule has 3 nitrogen and oxygen atoms in total. The fourth-order valence-electron chi connectivity index (χ4n) is 1.81. The third-order valence-electron chi connectivity index (χ3n) is 2.67. The molecule has 0 fully saturated rings. The Balaban J connectivity index is 2.43. The molecule has 0 atom stereocenters. The van der Waals surface area contributed by atoms with E-state index in [0.29, 0.717) is 22.1 Å². The summed E-state index contributed by atoms with van der Waals surface area (Å²) in [7, 11) is 0. The molecule has 0 aliphatic carbocycles. The number of nitrogens with one attached hydrogen (secondary N) is 1. The van der Waals surface area contributed by atoms with E-state index in [1.807, 2.05) is 12.1 Å². The number of rotatable bonds is 5. The lowest BCUT2D eigenvalue weighted by molar-refractivity contribution is 0.477. The molecule has 0 radical (unpaired) electrons. The molecule has 21 heavy (non-hydrogen) atoms. The van der Waals surface area contributed by atoms with Crippen molar-refractivity contribution in [1.82, 2.24) is 0 Å². The van der Waals surface area contributed by atoms with Crippen molar-refractivity contribution in [2.75, 3.05) is 5.75 Å². The highest BCUT2D eigenvalue weighted by Gasteiger charge is 2.14. The number of ether oxygens (including phenoxy) is 1. The van der Waals surface area contributed by atoms with Gasteiger partial charge in [-0.1, -0.05) is 24.6 Å². The first-order valence-electron chi connectivity index (χ1n) is 6.26. The van der Waals surface area contributed by atoms with E-state index in [1.165, 1.54) is 0 Å². The Kier molecular flexibility index (Phi) is 5.56. The van der Waals surface area contributed by atoms with Gasteiger partial charge in [-0.15, -0.1) is 11.8 Å². The van der Waals surface area contributed by atoms with Crippen LogP contribution in [0.1, 0.15) is 12.5 Å². The van der Waals surface area contributed by atoms with Gasteiger partial charge < -0.3 is 10.5 Å². The van der Waals surface area contributed by atoms with E-state index in [0.717, 1.165) is 15.1 Å². The third kappa shape index (κ3) is 3.93. The quantitative estimate of drug-likeness (QED) is 0.417. The van der Waals surface area contributed by atoms with Crippen LogP contribution in [0.4, 0.5) is 0 Å². The van der Waals surface area contributed by atoms with Crippen LogP contribution in [0.3, 0.4) is 0 Å². The minimum atomic E-state index is -0.00774. The standard InChI is InChI=1S/C15H14BrClN2OS/c1-2-21-13-5-3-4-12(14(13)15(18)19)20-11-7-6-9(17)8-10(11)16/h3-8H,2H2,1H3,(H3,18,19). The lowest BCUT2D eigenvalue weighted by Crippen LogP contribution is -2.13. The zero-order valence-corrected chi connectivity index (χ0v) is 14.5. The van der Waals surface area contributed by atoms with Gasteiger partial charge in [0.25, 0.3) is 0 Å². The Morgan fingerprint density at radius 3 is 2.71 bits per heavy atom. The molecule has 2 aromatic carbocycles. The predicted octanol–water partition coefficient (Wildman–Crippen LogP) is 5.29. The van der Waals surface area contributed by atoms with Crippen molar-refractivity contribution in [3.63, 3.8) is 0 Å². The summed E-state index contributed by atoms with van der Waals surface area (Å²) in [6.07, 6.45) is 0. The van der Waals surface area contributed by atoms with Crippen LogP contribution in [0.5, 0.6) is 11.5 Å². The Morgan fingerprint density at radius 2 is 2.10 bits per heavy atom. The van der Waals surface area contributed by atoms with E-state index in [9.17, 15) is 0 Å². The van der Waals surface area contributed by atoms with Crippen LogP contribution in [0, 0.1) is 5.41 Å². The van der Waals surface area contributed by atoms with Gasteiger partial charge in [0.15, 0.2) is 0 Å². The van der Waals surface area contributed by atoms with Gasteiger partial charge >= 0.3 is 0 Å². The van der Waals surface area contributed by atoms with E-state index in [4.69, 9.17) is 27.5 Å². The molecular formula is C15H14BrClN2OS. The first-order chi connectivity index (χ1) is 10.0. The highest BCUT2D eigenvalue weighted by atomic mass is 79.9. The lowest BCUT2D eigenvalue weighted by atomic mass is 10.2. The topological polar surface area (TPSA) is 59.1 Å². The van der Waals surface area contributed by atoms with Crippen LogP contribution in [0.2, 0.25) is 5.02 Å². The second-order valence-electron chi connectivity index (χ2n) is 4.15. The van der Waals surface area contributed by atoms with Gasteiger partial charge in [-0.25, -0.2) is 0 Å². The predicted molar refractivity (Wildman–Crippen MR) is 93.1 cm³/mol. The van der Waals surface area contributed by atoms with Crippen molar-refractivity contribution in [2.45, 2.75) is 11.8 Å². The molecular weight excluding hydrogens is 372 g/mol. The number of amidine groups is 1. The number of halogens is 2. The average Bonchev–Trinajstić information content (AvgIpc) is 2.42. The number of thioether (sulfide) groups is 1. The molecule has 0 unspecified atom stereocenters. The van der Waals surface area contributed by atoms with Gasteiger partial charge in [-0.05, 0) is 52.0 Å². The summed E-state index contributed by atoms with van der Waals surface area (Å²) < 4.78 is 6.65. The molecule has 2 rings (SSSR count). The number of nitrogens with two attached hydrogens (primary N) is 1. The minimum Gasteiger partial charge on any atom is -0.455 e. The van der Waals surface area contributed by atoms with E-state index in [1.54, 1.807) is 36.0 Å². The molecule has 0 bridgehead atoms. The molecule has 6 heteroatoms. The summed E-state index contributed by atoms with van der Waals surface area (Å²) in [4.78, 5) is 0.938. The van der Waals surface area contributed by atoms with Gasteiger partial charge in [-0.2, -0.15) is 0 Å². The van der Waals surface area contributed by atoms with Crippen molar-refractivity contribution in [3.8, 4) is 11.5 Å². The van der Waals surface area contributed by atoms with E-state index < -0.39 is 0 Å². The summed E-state index contributed by atoms with van der Waals surface area (Å²) in [6.45, 7) is 2.05. The van der Waals surface area contributed by atoms with E-state index >= 15 is 0 Å². The molecule has 0 saturated carbocycles. The zero-order chi connectivity index (χ0) is 15.4. The maximum Gasteiger partial charge on any atom is 0.141 e. The van der Waals surface area contributed by atoms with Gasteiger partial charge in [0.1, 0.15) is 17.3 Å². The van der Waals surface area contributed by atoms with Crippen LogP contribution >= 0.6 is 39.3 Å². The number of benzene rings is 2. The molecule has 110 valence electrons. The first-order valence-corrected chi connectivity index (χ1v) is 8.41. The summed E-state index contributed by atoms with van der Waals surface area (Å²) >= 11 is 11.0. The number of hydrogen-bond donors (Lipinski definition) is 2. The second kappa shape index (κ2) is 7.20. The normalized spacial score (nSPS) is 10.4. The molecule has 0 amide bonds. The Bertz CT molecular complexity index is 679. The molecule has 3 N–H and O–H groups in total. The minimum absolute atomic E-state index is 0.00774. The molecule has 0 aliphatic heterocycles. The van der Waals surface area contributed by atoms with Gasteiger partial charge in [0.05, 0.1) is 10.0 Å². The molecule has 0 saturated heterocycles. The fourth-order valence-corrected chi connectivity index (χ4v) is 3.42. The molecule has 0 spiro atoms. The van der Waals surface area contributed by atoms with Gasteiger partial charge in [0.2, 0.25) is 0 Å². The summed E-state index contributed by atoms with van der Waals surface area (Å²) in [6, 6.07) is 10.9. The smallest absolute Gasteiger partial charge is 0.141 e. The first kappa shape index (κ1) is 16.2. The van der Waals surface area contributed by atoms with Gasteiger partial charge in [-0.3, -0.25) is 5.41 Å².